The van der Waals surface area contributed by atoms with Crippen LogP contribution in [0.2, 0.25) is 0 Å². The molecule has 98 valence electrons. The Morgan fingerprint density at radius 2 is 1.84 bits per heavy atom. The second kappa shape index (κ2) is 5.86. The minimum Gasteiger partial charge on any atom is -0.491 e. The van der Waals surface area contributed by atoms with Gasteiger partial charge in [-0.3, -0.25) is 0 Å². The van der Waals surface area contributed by atoms with Gasteiger partial charge in [0.2, 0.25) is 0 Å². The first-order valence-corrected chi connectivity index (χ1v) is 5.60. The zero-order chi connectivity index (χ0) is 13.7. The lowest BCUT2D eigenvalue weighted by Crippen LogP contribution is -2.00. The standard InChI is InChI=1S/C14H13NO4/c1-17-12-4-3-9-15-13(12)19-11-7-5-10(6-8-11)14(16)18-2/h3-9H,1-2H3. The highest BCUT2D eigenvalue weighted by atomic mass is 16.5. The van der Waals surface area contributed by atoms with Gasteiger partial charge in [0.25, 0.3) is 5.88 Å². The Balaban J connectivity index is 2.17. The molecule has 0 bridgehead atoms. The van der Waals surface area contributed by atoms with Crippen molar-refractivity contribution in [2.45, 2.75) is 0 Å². The van der Waals surface area contributed by atoms with Crippen LogP contribution in [-0.2, 0) is 4.74 Å². The molecule has 5 heteroatoms. The average Bonchev–Trinajstić information content (AvgIpc) is 2.48. The highest BCUT2D eigenvalue weighted by Gasteiger charge is 2.08. The molecule has 0 unspecified atom stereocenters. The van der Waals surface area contributed by atoms with E-state index in [4.69, 9.17) is 9.47 Å². The van der Waals surface area contributed by atoms with Gasteiger partial charge in [0.15, 0.2) is 5.75 Å². The van der Waals surface area contributed by atoms with Crippen LogP contribution >= 0.6 is 0 Å². The molecule has 0 saturated carbocycles. The summed E-state index contributed by atoms with van der Waals surface area (Å²) >= 11 is 0. The zero-order valence-electron chi connectivity index (χ0n) is 10.6. The van der Waals surface area contributed by atoms with E-state index in [1.807, 2.05) is 0 Å². The minimum absolute atomic E-state index is 0.371. The van der Waals surface area contributed by atoms with Gasteiger partial charge in [-0.15, -0.1) is 0 Å². The van der Waals surface area contributed by atoms with Crippen molar-refractivity contribution in [2.75, 3.05) is 14.2 Å². The number of pyridine rings is 1. The van der Waals surface area contributed by atoms with E-state index in [1.54, 1.807) is 49.7 Å². The van der Waals surface area contributed by atoms with E-state index in [9.17, 15) is 4.79 Å². The second-order valence-electron chi connectivity index (χ2n) is 3.63. The van der Waals surface area contributed by atoms with E-state index in [1.165, 1.54) is 7.11 Å². The van der Waals surface area contributed by atoms with Gasteiger partial charge < -0.3 is 14.2 Å². The van der Waals surface area contributed by atoms with Crippen molar-refractivity contribution in [3.63, 3.8) is 0 Å². The molecule has 0 N–H and O–H groups in total. The van der Waals surface area contributed by atoms with Gasteiger partial charge in [-0.05, 0) is 36.4 Å². The topological polar surface area (TPSA) is 57.7 Å². The first-order valence-electron chi connectivity index (χ1n) is 5.60. The molecule has 0 saturated heterocycles. The maximum absolute atomic E-state index is 11.3. The molecule has 19 heavy (non-hydrogen) atoms. The van der Waals surface area contributed by atoms with Crippen LogP contribution in [0.15, 0.2) is 42.6 Å². The van der Waals surface area contributed by atoms with Crippen molar-refractivity contribution in [1.82, 2.24) is 4.98 Å². The molecule has 0 spiro atoms. The SMILES string of the molecule is COC(=O)c1ccc(Oc2ncccc2OC)cc1. The number of carbonyl (C=O) groups is 1. The number of rotatable bonds is 4. The lowest BCUT2D eigenvalue weighted by atomic mass is 10.2. The fourth-order valence-electron chi connectivity index (χ4n) is 1.50. The van der Waals surface area contributed by atoms with Gasteiger partial charge in [-0.25, -0.2) is 9.78 Å². The summed E-state index contributed by atoms with van der Waals surface area (Å²) in [5.74, 6) is 1.09. The number of aromatic nitrogens is 1. The molecular weight excluding hydrogens is 246 g/mol. The Bertz CT molecular complexity index is 566. The summed E-state index contributed by atoms with van der Waals surface area (Å²) < 4.78 is 15.3. The number of hydrogen-bond acceptors (Lipinski definition) is 5. The molecular formula is C14H13NO4. The number of hydrogen-bond donors (Lipinski definition) is 0. The summed E-state index contributed by atoms with van der Waals surface area (Å²) in [7, 11) is 2.88. The summed E-state index contributed by atoms with van der Waals surface area (Å²) in [5, 5.41) is 0. The van der Waals surface area contributed by atoms with Crippen LogP contribution in [0.3, 0.4) is 0 Å². The number of benzene rings is 1. The summed E-state index contributed by atoms with van der Waals surface area (Å²) in [6.07, 6.45) is 1.61. The highest BCUT2D eigenvalue weighted by Crippen LogP contribution is 2.28. The number of nitrogens with zero attached hydrogens (tertiary/aromatic N) is 1. The molecule has 2 aromatic rings. The summed E-state index contributed by atoms with van der Waals surface area (Å²) in [6, 6.07) is 10.1. The molecule has 0 aliphatic heterocycles. The van der Waals surface area contributed by atoms with Crippen LogP contribution in [0.5, 0.6) is 17.4 Å². The average molecular weight is 259 g/mol. The van der Waals surface area contributed by atoms with Crippen molar-refractivity contribution in [3.8, 4) is 17.4 Å². The van der Waals surface area contributed by atoms with Crippen LogP contribution in [0, 0.1) is 0 Å². The van der Waals surface area contributed by atoms with Crippen LogP contribution < -0.4 is 9.47 Å². The van der Waals surface area contributed by atoms with Crippen molar-refractivity contribution < 1.29 is 19.0 Å². The number of carbonyl (C=O) groups excluding carboxylic acids is 1. The Kier molecular flexibility index (Phi) is 3.97. The molecule has 1 heterocycles. The maximum Gasteiger partial charge on any atom is 0.337 e. The Morgan fingerprint density at radius 1 is 1.11 bits per heavy atom. The van der Waals surface area contributed by atoms with Gasteiger partial charge in [0.05, 0.1) is 19.8 Å². The molecule has 0 fully saturated rings. The van der Waals surface area contributed by atoms with E-state index in [-0.39, 0.29) is 5.97 Å². The van der Waals surface area contributed by atoms with Crippen molar-refractivity contribution >= 4 is 5.97 Å². The summed E-state index contributed by atoms with van der Waals surface area (Å²) in [6.45, 7) is 0. The Labute approximate surface area is 110 Å². The van der Waals surface area contributed by atoms with Gasteiger partial charge in [0.1, 0.15) is 5.75 Å². The minimum atomic E-state index is -0.387. The molecule has 1 aromatic heterocycles. The Morgan fingerprint density at radius 3 is 2.47 bits per heavy atom. The molecule has 0 atom stereocenters. The van der Waals surface area contributed by atoms with Crippen LogP contribution in [0.4, 0.5) is 0 Å². The predicted molar refractivity (Wildman–Crippen MR) is 68.6 cm³/mol. The summed E-state index contributed by atoms with van der Waals surface area (Å²) in [4.78, 5) is 15.4. The van der Waals surface area contributed by atoms with Gasteiger partial charge in [-0.1, -0.05) is 0 Å². The molecule has 0 amide bonds. The lowest BCUT2D eigenvalue weighted by Gasteiger charge is -2.08. The first kappa shape index (κ1) is 12.9. The molecule has 0 radical (unpaired) electrons. The summed E-state index contributed by atoms with van der Waals surface area (Å²) in [5.41, 5.74) is 0.461. The normalized spacial score (nSPS) is 9.79. The highest BCUT2D eigenvalue weighted by molar-refractivity contribution is 5.89. The first-order chi connectivity index (χ1) is 9.24. The zero-order valence-corrected chi connectivity index (χ0v) is 10.6. The fourth-order valence-corrected chi connectivity index (χ4v) is 1.50. The number of methoxy groups -OCH3 is 2. The van der Waals surface area contributed by atoms with E-state index in [0.29, 0.717) is 22.9 Å². The third-order valence-electron chi connectivity index (χ3n) is 2.45. The molecule has 0 aliphatic rings. The molecule has 1 aromatic carbocycles. The molecule has 2 rings (SSSR count). The van der Waals surface area contributed by atoms with Crippen molar-refractivity contribution in [2.24, 2.45) is 0 Å². The van der Waals surface area contributed by atoms with Crippen molar-refractivity contribution in [1.29, 1.82) is 0 Å². The second-order valence-corrected chi connectivity index (χ2v) is 3.63. The largest absolute Gasteiger partial charge is 0.491 e. The van der Waals surface area contributed by atoms with E-state index < -0.39 is 0 Å². The monoisotopic (exact) mass is 259 g/mol. The fraction of sp³-hybridized carbons (Fsp3) is 0.143. The van der Waals surface area contributed by atoms with Crippen LogP contribution in [0.1, 0.15) is 10.4 Å². The quantitative estimate of drug-likeness (QED) is 0.790. The lowest BCUT2D eigenvalue weighted by molar-refractivity contribution is 0.0600. The van der Waals surface area contributed by atoms with E-state index >= 15 is 0 Å². The van der Waals surface area contributed by atoms with E-state index in [2.05, 4.69) is 9.72 Å². The van der Waals surface area contributed by atoms with Gasteiger partial charge in [0, 0.05) is 6.20 Å². The Hall–Kier alpha value is -2.56. The smallest absolute Gasteiger partial charge is 0.337 e. The third-order valence-corrected chi connectivity index (χ3v) is 2.45. The van der Waals surface area contributed by atoms with Gasteiger partial charge in [-0.2, -0.15) is 0 Å². The number of esters is 1. The van der Waals surface area contributed by atoms with Crippen LogP contribution in [-0.4, -0.2) is 25.2 Å². The van der Waals surface area contributed by atoms with Crippen molar-refractivity contribution in [3.05, 3.63) is 48.2 Å². The molecule has 0 aliphatic carbocycles. The third kappa shape index (κ3) is 3.01. The maximum atomic E-state index is 11.3. The molecule has 5 nitrogen and oxygen atoms in total. The van der Waals surface area contributed by atoms with Gasteiger partial charge >= 0.3 is 5.97 Å². The van der Waals surface area contributed by atoms with E-state index in [0.717, 1.165) is 0 Å². The number of ether oxygens (including phenoxy) is 3. The predicted octanol–water partition coefficient (Wildman–Crippen LogP) is 2.67. The van der Waals surface area contributed by atoms with Crippen LogP contribution in [0.25, 0.3) is 0 Å².